The summed E-state index contributed by atoms with van der Waals surface area (Å²) >= 11 is 0. The van der Waals surface area contributed by atoms with E-state index in [1.165, 1.54) is 0 Å². The number of benzene rings is 2. The van der Waals surface area contributed by atoms with Crippen molar-refractivity contribution in [3.05, 3.63) is 54.2 Å². The Morgan fingerprint density at radius 3 is 2.75 bits per heavy atom. The Labute approximate surface area is 140 Å². The summed E-state index contributed by atoms with van der Waals surface area (Å²) in [5.74, 6) is 1.08. The molecule has 0 radical (unpaired) electrons. The van der Waals surface area contributed by atoms with Crippen LogP contribution in [0.4, 0.5) is 5.82 Å². The molecule has 0 unspecified atom stereocenters. The molecular formula is C20H18N2O2. The van der Waals surface area contributed by atoms with Crippen molar-refractivity contribution in [2.45, 2.75) is 19.8 Å². The fourth-order valence-corrected chi connectivity index (χ4v) is 2.87. The summed E-state index contributed by atoms with van der Waals surface area (Å²) in [5.41, 5.74) is 3.14. The van der Waals surface area contributed by atoms with Crippen LogP contribution in [0.5, 0.6) is 5.75 Å². The molecule has 0 saturated heterocycles. The van der Waals surface area contributed by atoms with E-state index in [0.29, 0.717) is 5.82 Å². The second-order valence-corrected chi connectivity index (χ2v) is 6.39. The van der Waals surface area contributed by atoms with Crippen LogP contribution in [0.3, 0.4) is 0 Å². The molecule has 4 rings (SSSR count). The maximum Gasteiger partial charge on any atom is 0.228 e. The van der Waals surface area contributed by atoms with Crippen molar-refractivity contribution in [1.82, 2.24) is 4.98 Å². The zero-order valence-corrected chi connectivity index (χ0v) is 13.4. The van der Waals surface area contributed by atoms with Crippen LogP contribution in [0, 0.1) is 12.8 Å². The number of anilines is 1. The lowest BCUT2D eigenvalue weighted by atomic mass is 9.98. The molecule has 2 N–H and O–H groups in total. The van der Waals surface area contributed by atoms with Crippen molar-refractivity contribution in [3.8, 4) is 16.9 Å². The Morgan fingerprint density at radius 1 is 1.12 bits per heavy atom. The number of aromatic hydroxyl groups is 1. The Bertz CT molecular complexity index is 946. The average molecular weight is 318 g/mol. The molecule has 1 fully saturated rings. The predicted octanol–water partition coefficient (Wildman–Crippen LogP) is 4.26. The van der Waals surface area contributed by atoms with Crippen LogP contribution < -0.4 is 5.32 Å². The maximum absolute atomic E-state index is 11.8. The highest BCUT2D eigenvalue weighted by molar-refractivity contribution is 5.96. The highest BCUT2D eigenvalue weighted by Gasteiger charge is 2.29. The molecular weight excluding hydrogens is 300 g/mol. The standard InChI is InChI=1S/C20H18N2O2/c1-12-2-7-17(23)10-18(12)15-6-5-14-9-19(21-11-16(14)8-15)22-20(24)13-3-4-13/h2,5-11,13,23H,3-4H2,1H3,(H,21,22,24). The number of pyridine rings is 1. The smallest absolute Gasteiger partial charge is 0.228 e. The lowest BCUT2D eigenvalue weighted by molar-refractivity contribution is -0.117. The molecule has 1 aromatic heterocycles. The lowest BCUT2D eigenvalue weighted by Gasteiger charge is -2.09. The summed E-state index contributed by atoms with van der Waals surface area (Å²) in [4.78, 5) is 16.2. The number of hydrogen-bond donors (Lipinski definition) is 2. The van der Waals surface area contributed by atoms with Gasteiger partial charge in [-0.2, -0.15) is 0 Å². The van der Waals surface area contributed by atoms with Crippen LogP contribution in [0.15, 0.2) is 48.7 Å². The number of phenols is 1. The first kappa shape index (κ1) is 14.7. The molecule has 1 saturated carbocycles. The van der Waals surface area contributed by atoms with Crippen LogP contribution in [0.1, 0.15) is 18.4 Å². The van der Waals surface area contributed by atoms with E-state index < -0.39 is 0 Å². The largest absolute Gasteiger partial charge is 0.508 e. The minimum Gasteiger partial charge on any atom is -0.508 e. The molecule has 24 heavy (non-hydrogen) atoms. The van der Waals surface area contributed by atoms with E-state index in [1.807, 2.05) is 31.2 Å². The molecule has 0 bridgehead atoms. The summed E-state index contributed by atoms with van der Waals surface area (Å²) in [5, 5.41) is 14.6. The number of rotatable bonds is 3. The number of nitrogens with one attached hydrogen (secondary N) is 1. The Balaban J connectivity index is 1.68. The fourth-order valence-electron chi connectivity index (χ4n) is 2.87. The molecule has 2 aromatic carbocycles. The molecule has 1 amide bonds. The zero-order valence-electron chi connectivity index (χ0n) is 13.4. The van der Waals surface area contributed by atoms with Gasteiger partial charge < -0.3 is 10.4 Å². The summed E-state index contributed by atoms with van der Waals surface area (Å²) in [7, 11) is 0. The van der Waals surface area contributed by atoms with E-state index in [9.17, 15) is 9.90 Å². The van der Waals surface area contributed by atoms with E-state index in [2.05, 4.69) is 16.4 Å². The van der Waals surface area contributed by atoms with E-state index in [1.54, 1.807) is 18.3 Å². The number of aromatic nitrogens is 1. The monoisotopic (exact) mass is 318 g/mol. The minimum atomic E-state index is 0.0638. The number of hydrogen-bond acceptors (Lipinski definition) is 3. The van der Waals surface area contributed by atoms with Gasteiger partial charge in [-0.3, -0.25) is 4.79 Å². The summed E-state index contributed by atoms with van der Waals surface area (Å²) in [6.45, 7) is 2.02. The topological polar surface area (TPSA) is 62.2 Å². The molecule has 0 aliphatic heterocycles. The fraction of sp³-hybridized carbons (Fsp3) is 0.200. The number of amides is 1. The number of aryl methyl sites for hydroxylation is 1. The Hall–Kier alpha value is -2.88. The summed E-state index contributed by atoms with van der Waals surface area (Å²) in [6.07, 6.45) is 3.73. The van der Waals surface area contributed by atoms with E-state index in [4.69, 9.17) is 0 Å². The highest BCUT2D eigenvalue weighted by atomic mass is 16.3. The third-order valence-electron chi connectivity index (χ3n) is 4.45. The summed E-state index contributed by atoms with van der Waals surface area (Å²) < 4.78 is 0. The Morgan fingerprint density at radius 2 is 1.96 bits per heavy atom. The zero-order chi connectivity index (χ0) is 16.7. The van der Waals surface area contributed by atoms with Crippen LogP contribution in [-0.4, -0.2) is 16.0 Å². The molecule has 120 valence electrons. The van der Waals surface area contributed by atoms with Gasteiger partial charge in [0.15, 0.2) is 0 Å². The van der Waals surface area contributed by atoms with Gasteiger partial charge in [0.05, 0.1) is 0 Å². The van der Waals surface area contributed by atoms with Gasteiger partial charge >= 0.3 is 0 Å². The van der Waals surface area contributed by atoms with Gasteiger partial charge in [0.25, 0.3) is 0 Å². The first-order valence-electron chi connectivity index (χ1n) is 8.11. The van der Waals surface area contributed by atoms with Crippen LogP contribution >= 0.6 is 0 Å². The van der Waals surface area contributed by atoms with Crippen LogP contribution in [-0.2, 0) is 4.79 Å². The molecule has 1 aliphatic rings. The number of fused-ring (bicyclic) bond motifs is 1. The molecule has 3 aromatic rings. The normalized spacial score (nSPS) is 13.9. The Kier molecular flexibility index (Phi) is 3.45. The quantitative estimate of drug-likeness (QED) is 0.758. The number of nitrogens with zero attached hydrogens (tertiary/aromatic N) is 1. The van der Waals surface area contributed by atoms with Crippen molar-refractivity contribution in [3.63, 3.8) is 0 Å². The predicted molar refractivity (Wildman–Crippen MR) is 94.9 cm³/mol. The van der Waals surface area contributed by atoms with Crippen molar-refractivity contribution in [1.29, 1.82) is 0 Å². The van der Waals surface area contributed by atoms with Crippen molar-refractivity contribution < 1.29 is 9.90 Å². The first-order valence-corrected chi connectivity index (χ1v) is 8.11. The van der Waals surface area contributed by atoms with Gasteiger partial charge in [0.2, 0.25) is 5.91 Å². The van der Waals surface area contributed by atoms with Gasteiger partial charge in [-0.05, 0) is 66.1 Å². The average Bonchev–Trinajstić information content (AvgIpc) is 3.42. The van der Waals surface area contributed by atoms with Crippen LogP contribution in [0.2, 0.25) is 0 Å². The van der Waals surface area contributed by atoms with Gasteiger partial charge in [-0.1, -0.05) is 18.2 Å². The SMILES string of the molecule is Cc1ccc(O)cc1-c1ccc2cc(NC(=O)C3CC3)ncc2c1. The van der Waals surface area contributed by atoms with Crippen molar-refractivity contribution >= 4 is 22.5 Å². The maximum atomic E-state index is 11.8. The van der Waals surface area contributed by atoms with Gasteiger partial charge in [0, 0.05) is 17.5 Å². The molecule has 0 spiro atoms. The number of carbonyl (C=O) groups is 1. The van der Waals surface area contributed by atoms with E-state index in [-0.39, 0.29) is 17.6 Å². The summed E-state index contributed by atoms with van der Waals surface area (Å²) in [6, 6.07) is 13.4. The van der Waals surface area contributed by atoms with Gasteiger partial charge in [0.1, 0.15) is 11.6 Å². The van der Waals surface area contributed by atoms with E-state index >= 15 is 0 Å². The molecule has 4 heteroatoms. The minimum absolute atomic E-state index is 0.0638. The first-order chi connectivity index (χ1) is 11.6. The van der Waals surface area contributed by atoms with Crippen molar-refractivity contribution in [2.24, 2.45) is 5.92 Å². The second-order valence-electron chi connectivity index (χ2n) is 6.39. The van der Waals surface area contributed by atoms with Crippen LogP contribution in [0.25, 0.3) is 21.9 Å². The van der Waals surface area contributed by atoms with Crippen molar-refractivity contribution in [2.75, 3.05) is 5.32 Å². The highest BCUT2D eigenvalue weighted by Crippen LogP contribution is 2.32. The molecule has 4 nitrogen and oxygen atoms in total. The third kappa shape index (κ3) is 2.83. The van der Waals surface area contributed by atoms with Gasteiger partial charge in [-0.15, -0.1) is 0 Å². The second kappa shape index (κ2) is 5.64. The molecule has 0 atom stereocenters. The third-order valence-corrected chi connectivity index (χ3v) is 4.45. The molecule has 1 aliphatic carbocycles. The lowest BCUT2D eigenvalue weighted by Crippen LogP contribution is -2.14. The number of phenolic OH excluding ortho intramolecular Hbond substituents is 1. The number of carbonyl (C=O) groups excluding carboxylic acids is 1. The molecule has 1 heterocycles. The van der Waals surface area contributed by atoms with E-state index in [0.717, 1.165) is 40.3 Å². The van der Waals surface area contributed by atoms with Gasteiger partial charge in [-0.25, -0.2) is 4.98 Å².